The standard InChI is InChI=1S/C9H11N3O3/c1-15-9-5(11)2-3-6(12-9)8(14)7(13)4-10/h2-3,7-8,13-14H,11H2,1H3. The predicted octanol–water partition coefficient (Wildman–Crippen LogP) is -0.410. The van der Waals surface area contributed by atoms with Gasteiger partial charge in [0.05, 0.1) is 24.6 Å². The molecular weight excluding hydrogens is 198 g/mol. The first-order valence-electron chi connectivity index (χ1n) is 4.16. The number of pyridine rings is 1. The molecule has 2 unspecified atom stereocenters. The number of aliphatic hydroxyl groups is 2. The SMILES string of the molecule is COc1nc(C(O)C(O)C#N)ccc1N. The van der Waals surface area contributed by atoms with Gasteiger partial charge >= 0.3 is 0 Å². The summed E-state index contributed by atoms with van der Waals surface area (Å²) in [4.78, 5) is 3.85. The van der Waals surface area contributed by atoms with Gasteiger partial charge in [-0.3, -0.25) is 0 Å². The Hall–Kier alpha value is -1.84. The minimum atomic E-state index is -1.52. The topological polar surface area (TPSA) is 112 Å². The second-order valence-electron chi connectivity index (χ2n) is 2.85. The molecule has 1 aromatic rings. The summed E-state index contributed by atoms with van der Waals surface area (Å²) in [5.74, 6) is 0.150. The highest BCUT2D eigenvalue weighted by molar-refractivity contribution is 5.48. The van der Waals surface area contributed by atoms with Crippen LogP contribution in [-0.2, 0) is 0 Å². The molecule has 2 atom stereocenters. The predicted molar refractivity (Wildman–Crippen MR) is 51.8 cm³/mol. The molecule has 15 heavy (non-hydrogen) atoms. The Morgan fingerprint density at radius 2 is 2.20 bits per heavy atom. The largest absolute Gasteiger partial charge is 0.480 e. The molecule has 1 heterocycles. The van der Waals surface area contributed by atoms with Crippen LogP contribution in [0.4, 0.5) is 5.69 Å². The van der Waals surface area contributed by atoms with Crippen molar-refractivity contribution in [1.29, 1.82) is 5.26 Å². The van der Waals surface area contributed by atoms with Gasteiger partial charge < -0.3 is 20.7 Å². The number of anilines is 1. The highest BCUT2D eigenvalue weighted by atomic mass is 16.5. The number of methoxy groups -OCH3 is 1. The Bertz CT molecular complexity index is 389. The number of nitriles is 1. The number of rotatable bonds is 3. The van der Waals surface area contributed by atoms with Gasteiger partial charge in [0.15, 0.2) is 6.10 Å². The van der Waals surface area contributed by atoms with Gasteiger partial charge in [0, 0.05) is 0 Å². The number of ether oxygens (including phenoxy) is 1. The molecule has 80 valence electrons. The molecule has 0 fully saturated rings. The summed E-state index contributed by atoms with van der Waals surface area (Å²) >= 11 is 0. The van der Waals surface area contributed by atoms with Crippen molar-refractivity contribution in [3.63, 3.8) is 0 Å². The Morgan fingerprint density at radius 1 is 1.53 bits per heavy atom. The van der Waals surface area contributed by atoms with Gasteiger partial charge in [0.25, 0.3) is 0 Å². The van der Waals surface area contributed by atoms with Gasteiger partial charge in [-0.2, -0.15) is 5.26 Å². The second-order valence-corrected chi connectivity index (χ2v) is 2.85. The fraction of sp³-hybridized carbons (Fsp3) is 0.333. The van der Waals surface area contributed by atoms with E-state index in [1.54, 1.807) is 0 Å². The molecule has 0 aliphatic carbocycles. The van der Waals surface area contributed by atoms with Gasteiger partial charge in [-0.05, 0) is 12.1 Å². The zero-order valence-electron chi connectivity index (χ0n) is 8.08. The van der Waals surface area contributed by atoms with Crippen LogP contribution in [-0.4, -0.2) is 28.4 Å². The van der Waals surface area contributed by atoms with Crippen molar-refractivity contribution in [2.75, 3.05) is 12.8 Å². The number of hydrogen-bond donors (Lipinski definition) is 3. The molecule has 6 heteroatoms. The zero-order chi connectivity index (χ0) is 11.4. The monoisotopic (exact) mass is 209 g/mol. The summed E-state index contributed by atoms with van der Waals surface area (Å²) in [7, 11) is 1.38. The number of hydrogen-bond acceptors (Lipinski definition) is 6. The van der Waals surface area contributed by atoms with E-state index in [9.17, 15) is 5.11 Å². The highest BCUT2D eigenvalue weighted by Gasteiger charge is 2.20. The van der Waals surface area contributed by atoms with Crippen molar-refractivity contribution in [3.05, 3.63) is 17.8 Å². The van der Waals surface area contributed by atoms with Crippen molar-refractivity contribution in [1.82, 2.24) is 4.98 Å². The molecule has 0 saturated carbocycles. The average Bonchev–Trinajstić information content (AvgIpc) is 2.27. The number of aliphatic hydroxyl groups excluding tert-OH is 2. The quantitative estimate of drug-likeness (QED) is 0.583. The van der Waals surface area contributed by atoms with E-state index < -0.39 is 12.2 Å². The first-order valence-corrected chi connectivity index (χ1v) is 4.16. The number of nitrogen functional groups attached to an aromatic ring is 1. The first-order chi connectivity index (χ1) is 7.10. The van der Waals surface area contributed by atoms with Crippen LogP contribution in [0, 0.1) is 11.3 Å². The molecule has 4 N–H and O–H groups in total. The molecule has 0 radical (unpaired) electrons. The van der Waals surface area contributed by atoms with Gasteiger partial charge in [-0.15, -0.1) is 0 Å². The summed E-state index contributed by atoms with van der Waals surface area (Å²) < 4.78 is 4.84. The third-order valence-corrected chi connectivity index (χ3v) is 1.84. The van der Waals surface area contributed by atoms with Crippen molar-refractivity contribution in [3.8, 4) is 11.9 Å². The second kappa shape index (κ2) is 4.59. The lowest BCUT2D eigenvalue weighted by Crippen LogP contribution is -2.17. The minimum Gasteiger partial charge on any atom is -0.480 e. The van der Waals surface area contributed by atoms with Crippen LogP contribution >= 0.6 is 0 Å². The van der Waals surface area contributed by atoms with Crippen molar-refractivity contribution < 1.29 is 14.9 Å². The van der Waals surface area contributed by atoms with Crippen LogP contribution in [0.25, 0.3) is 0 Å². The summed E-state index contributed by atoms with van der Waals surface area (Å²) in [5, 5.41) is 27.0. The molecule has 0 aliphatic rings. The number of nitrogens with zero attached hydrogens (tertiary/aromatic N) is 2. The molecular formula is C9H11N3O3. The molecule has 0 aliphatic heterocycles. The molecule has 0 aromatic carbocycles. The van der Waals surface area contributed by atoms with Crippen LogP contribution in [0.15, 0.2) is 12.1 Å². The fourth-order valence-corrected chi connectivity index (χ4v) is 1.03. The lowest BCUT2D eigenvalue weighted by atomic mass is 10.1. The van der Waals surface area contributed by atoms with E-state index in [1.165, 1.54) is 25.3 Å². The Balaban J connectivity index is 3.01. The Kier molecular flexibility index (Phi) is 3.44. The molecule has 6 nitrogen and oxygen atoms in total. The Labute approximate surface area is 86.5 Å². The summed E-state index contributed by atoms with van der Waals surface area (Å²) in [6.07, 6.45) is -2.89. The normalized spacial score (nSPS) is 14.0. The number of aromatic nitrogens is 1. The molecule has 0 spiro atoms. The summed E-state index contributed by atoms with van der Waals surface area (Å²) in [6.45, 7) is 0. The van der Waals surface area contributed by atoms with Crippen molar-refractivity contribution in [2.45, 2.75) is 12.2 Å². The third-order valence-electron chi connectivity index (χ3n) is 1.84. The van der Waals surface area contributed by atoms with Crippen molar-refractivity contribution >= 4 is 5.69 Å². The molecule has 1 aromatic heterocycles. The van der Waals surface area contributed by atoms with E-state index in [4.69, 9.17) is 20.8 Å². The Morgan fingerprint density at radius 3 is 2.73 bits per heavy atom. The van der Waals surface area contributed by atoms with Gasteiger partial charge in [0.2, 0.25) is 5.88 Å². The zero-order valence-corrected chi connectivity index (χ0v) is 8.08. The van der Waals surface area contributed by atoms with E-state index in [2.05, 4.69) is 4.98 Å². The number of nitrogens with two attached hydrogens (primary N) is 1. The van der Waals surface area contributed by atoms with Crippen LogP contribution in [0.1, 0.15) is 11.8 Å². The van der Waals surface area contributed by atoms with Crippen LogP contribution < -0.4 is 10.5 Å². The van der Waals surface area contributed by atoms with Crippen molar-refractivity contribution in [2.24, 2.45) is 0 Å². The van der Waals surface area contributed by atoms with Crippen LogP contribution in [0.3, 0.4) is 0 Å². The smallest absolute Gasteiger partial charge is 0.237 e. The maximum absolute atomic E-state index is 9.47. The summed E-state index contributed by atoms with van der Waals surface area (Å²) in [5.41, 5.74) is 5.97. The molecule has 0 bridgehead atoms. The maximum Gasteiger partial charge on any atom is 0.237 e. The molecule has 1 rings (SSSR count). The molecule has 0 saturated heterocycles. The average molecular weight is 209 g/mol. The van der Waals surface area contributed by atoms with E-state index in [1.807, 2.05) is 0 Å². The summed E-state index contributed by atoms with van der Waals surface area (Å²) in [6, 6.07) is 4.41. The lowest BCUT2D eigenvalue weighted by Gasteiger charge is -2.12. The fourth-order valence-electron chi connectivity index (χ4n) is 1.03. The van der Waals surface area contributed by atoms with Gasteiger partial charge in [-0.25, -0.2) is 4.98 Å². The highest BCUT2D eigenvalue weighted by Crippen LogP contribution is 2.22. The van der Waals surface area contributed by atoms with E-state index in [-0.39, 0.29) is 11.6 Å². The first kappa shape index (κ1) is 11.2. The van der Waals surface area contributed by atoms with E-state index in [0.717, 1.165) is 0 Å². The molecule has 0 amide bonds. The van der Waals surface area contributed by atoms with Crippen LogP contribution in [0.5, 0.6) is 5.88 Å². The maximum atomic E-state index is 9.47. The van der Waals surface area contributed by atoms with Gasteiger partial charge in [-0.1, -0.05) is 0 Å². The minimum absolute atomic E-state index is 0.134. The third kappa shape index (κ3) is 2.34. The van der Waals surface area contributed by atoms with E-state index >= 15 is 0 Å². The van der Waals surface area contributed by atoms with Crippen LogP contribution in [0.2, 0.25) is 0 Å². The van der Waals surface area contributed by atoms with E-state index in [0.29, 0.717) is 5.69 Å². The van der Waals surface area contributed by atoms with Gasteiger partial charge in [0.1, 0.15) is 6.10 Å². The lowest BCUT2D eigenvalue weighted by molar-refractivity contribution is 0.0495.